The molecule has 5 heteroatoms. The van der Waals surface area contributed by atoms with E-state index in [0.717, 1.165) is 30.3 Å². The number of fused-ring (bicyclic) bond motifs is 1. The van der Waals surface area contributed by atoms with Crippen molar-refractivity contribution in [3.8, 4) is 0 Å². The van der Waals surface area contributed by atoms with E-state index in [-0.39, 0.29) is 0 Å². The predicted molar refractivity (Wildman–Crippen MR) is 87.7 cm³/mol. The van der Waals surface area contributed by atoms with E-state index >= 15 is 0 Å². The molecule has 2 aromatic rings. The van der Waals surface area contributed by atoms with Gasteiger partial charge in [-0.05, 0) is 25.0 Å². The summed E-state index contributed by atoms with van der Waals surface area (Å²) in [6.07, 6.45) is 4.96. The Kier molecular flexibility index (Phi) is 5.20. The van der Waals surface area contributed by atoms with E-state index in [1.54, 1.807) is 7.05 Å². The first-order chi connectivity index (χ1) is 10.1. The van der Waals surface area contributed by atoms with Gasteiger partial charge in [0, 0.05) is 38.4 Å². The predicted octanol–water partition coefficient (Wildman–Crippen LogP) is 2.09. The van der Waals surface area contributed by atoms with E-state index in [4.69, 9.17) is 0 Å². The van der Waals surface area contributed by atoms with Gasteiger partial charge in [0.1, 0.15) is 5.65 Å². The minimum atomic E-state index is 0.395. The minimum Gasteiger partial charge on any atom is -0.356 e. The van der Waals surface area contributed by atoms with Gasteiger partial charge in [0.15, 0.2) is 5.96 Å². The molecule has 0 aliphatic carbocycles. The van der Waals surface area contributed by atoms with Crippen LogP contribution >= 0.6 is 0 Å². The van der Waals surface area contributed by atoms with Crippen LogP contribution in [0.3, 0.4) is 0 Å². The zero-order valence-corrected chi connectivity index (χ0v) is 13.3. The van der Waals surface area contributed by atoms with Crippen molar-refractivity contribution in [1.29, 1.82) is 0 Å². The van der Waals surface area contributed by atoms with Crippen LogP contribution in [0.15, 0.2) is 35.6 Å². The molecule has 0 fully saturated rings. The van der Waals surface area contributed by atoms with Crippen LogP contribution in [0.2, 0.25) is 0 Å². The third-order valence-electron chi connectivity index (χ3n) is 3.68. The van der Waals surface area contributed by atoms with Crippen molar-refractivity contribution in [1.82, 2.24) is 20.0 Å². The Morgan fingerprint density at radius 2 is 2.14 bits per heavy atom. The summed E-state index contributed by atoms with van der Waals surface area (Å²) in [4.78, 5) is 8.84. The number of aromatic nitrogens is 2. The quantitative estimate of drug-likeness (QED) is 0.654. The molecule has 2 rings (SSSR count). The van der Waals surface area contributed by atoms with E-state index in [2.05, 4.69) is 47.6 Å². The standard InChI is InChI=1S/C16H25N5/c1-12(2)13(3)19-16(17-4)18-9-8-14-11-21-10-6-5-7-15(21)20-14/h5-7,10-13H,8-9H2,1-4H3,(H2,17,18,19). The van der Waals surface area contributed by atoms with Crippen LogP contribution in [0.1, 0.15) is 26.5 Å². The summed E-state index contributed by atoms with van der Waals surface area (Å²) in [5.41, 5.74) is 2.07. The highest BCUT2D eigenvalue weighted by atomic mass is 15.2. The molecule has 0 aromatic carbocycles. The Labute approximate surface area is 126 Å². The van der Waals surface area contributed by atoms with Crippen LogP contribution in [0.25, 0.3) is 5.65 Å². The molecule has 0 aliphatic heterocycles. The zero-order valence-electron chi connectivity index (χ0n) is 13.3. The lowest BCUT2D eigenvalue weighted by atomic mass is 10.1. The van der Waals surface area contributed by atoms with Crippen molar-refractivity contribution in [2.75, 3.05) is 13.6 Å². The molecule has 0 amide bonds. The maximum Gasteiger partial charge on any atom is 0.191 e. The molecular formula is C16H25N5. The van der Waals surface area contributed by atoms with Gasteiger partial charge in [-0.15, -0.1) is 0 Å². The largest absolute Gasteiger partial charge is 0.356 e. The molecule has 0 aliphatic rings. The SMILES string of the molecule is CN=C(NCCc1cn2ccccc2n1)NC(C)C(C)C. The number of imidazole rings is 1. The maximum atomic E-state index is 4.59. The molecule has 1 unspecified atom stereocenters. The molecule has 0 saturated heterocycles. The second-order valence-corrected chi connectivity index (χ2v) is 5.62. The first-order valence-electron chi connectivity index (χ1n) is 7.50. The number of aliphatic imine (C=N–C) groups is 1. The van der Waals surface area contributed by atoms with Crippen LogP contribution in [0.4, 0.5) is 0 Å². The molecule has 1 atom stereocenters. The Hall–Kier alpha value is -2.04. The number of nitrogens with one attached hydrogen (secondary N) is 2. The van der Waals surface area contributed by atoms with Gasteiger partial charge < -0.3 is 15.0 Å². The van der Waals surface area contributed by atoms with Crippen LogP contribution in [0, 0.1) is 5.92 Å². The first kappa shape index (κ1) is 15.4. The number of rotatable bonds is 5. The summed E-state index contributed by atoms with van der Waals surface area (Å²) in [5.74, 6) is 1.42. The number of pyridine rings is 1. The Balaban J connectivity index is 1.85. The molecule has 0 saturated carbocycles. The lowest BCUT2D eigenvalue weighted by Gasteiger charge is -2.20. The van der Waals surface area contributed by atoms with Gasteiger partial charge in [-0.1, -0.05) is 19.9 Å². The van der Waals surface area contributed by atoms with E-state index in [1.165, 1.54) is 0 Å². The fraction of sp³-hybridized carbons (Fsp3) is 0.500. The van der Waals surface area contributed by atoms with E-state index in [1.807, 2.05) is 28.8 Å². The third-order valence-corrected chi connectivity index (χ3v) is 3.68. The second kappa shape index (κ2) is 7.11. The van der Waals surface area contributed by atoms with Gasteiger partial charge in [-0.3, -0.25) is 4.99 Å². The van der Waals surface area contributed by atoms with Crippen LogP contribution in [-0.4, -0.2) is 35.0 Å². The summed E-state index contributed by atoms with van der Waals surface area (Å²) in [7, 11) is 1.80. The number of hydrogen-bond donors (Lipinski definition) is 2. The van der Waals surface area contributed by atoms with Crippen molar-refractivity contribution in [2.24, 2.45) is 10.9 Å². The smallest absolute Gasteiger partial charge is 0.191 e. The van der Waals surface area contributed by atoms with Crippen molar-refractivity contribution < 1.29 is 0 Å². The van der Waals surface area contributed by atoms with Crippen LogP contribution in [-0.2, 0) is 6.42 Å². The number of guanidine groups is 1. The van der Waals surface area contributed by atoms with Crippen molar-refractivity contribution in [3.63, 3.8) is 0 Å². The van der Waals surface area contributed by atoms with E-state index in [0.29, 0.717) is 12.0 Å². The highest BCUT2D eigenvalue weighted by Crippen LogP contribution is 2.04. The monoisotopic (exact) mass is 287 g/mol. The van der Waals surface area contributed by atoms with Gasteiger partial charge in [0.05, 0.1) is 5.69 Å². The summed E-state index contributed by atoms with van der Waals surface area (Å²) in [6.45, 7) is 7.37. The fourth-order valence-corrected chi connectivity index (χ4v) is 1.99. The third kappa shape index (κ3) is 4.21. The van der Waals surface area contributed by atoms with E-state index < -0.39 is 0 Å². The molecular weight excluding hydrogens is 262 g/mol. The normalized spacial score (nSPS) is 13.7. The zero-order chi connectivity index (χ0) is 15.2. The molecule has 0 bridgehead atoms. The molecule has 5 nitrogen and oxygen atoms in total. The van der Waals surface area contributed by atoms with Crippen molar-refractivity contribution in [2.45, 2.75) is 33.2 Å². The average Bonchev–Trinajstić information content (AvgIpc) is 2.88. The molecule has 2 aromatic heterocycles. The Morgan fingerprint density at radius 3 is 2.81 bits per heavy atom. The summed E-state index contributed by atoms with van der Waals surface area (Å²) in [6, 6.07) is 6.42. The molecule has 0 spiro atoms. The number of hydrogen-bond acceptors (Lipinski definition) is 2. The molecule has 114 valence electrons. The summed E-state index contributed by atoms with van der Waals surface area (Å²) in [5, 5.41) is 6.73. The van der Waals surface area contributed by atoms with Gasteiger partial charge >= 0.3 is 0 Å². The fourth-order valence-electron chi connectivity index (χ4n) is 1.99. The molecule has 2 N–H and O–H groups in total. The lowest BCUT2D eigenvalue weighted by Crippen LogP contribution is -2.44. The average molecular weight is 287 g/mol. The van der Waals surface area contributed by atoms with Crippen molar-refractivity contribution >= 4 is 11.6 Å². The highest BCUT2D eigenvalue weighted by molar-refractivity contribution is 5.79. The molecule has 2 heterocycles. The van der Waals surface area contributed by atoms with E-state index in [9.17, 15) is 0 Å². The molecule has 0 radical (unpaired) electrons. The van der Waals surface area contributed by atoms with Gasteiger partial charge in [-0.2, -0.15) is 0 Å². The Morgan fingerprint density at radius 1 is 1.33 bits per heavy atom. The topological polar surface area (TPSA) is 53.7 Å². The second-order valence-electron chi connectivity index (χ2n) is 5.62. The van der Waals surface area contributed by atoms with Gasteiger partial charge in [-0.25, -0.2) is 4.98 Å². The van der Waals surface area contributed by atoms with Crippen molar-refractivity contribution in [3.05, 3.63) is 36.3 Å². The molecule has 21 heavy (non-hydrogen) atoms. The first-order valence-corrected chi connectivity index (χ1v) is 7.50. The number of nitrogens with zero attached hydrogens (tertiary/aromatic N) is 3. The van der Waals surface area contributed by atoms with Gasteiger partial charge in [0.25, 0.3) is 0 Å². The lowest BCUT2D eigenvalue weighted by molar-refractivity contribution is 0.481. The Bertz CT molecular complexity index is 566. The van der Waals surface area contributed by atoms with Crippen LogP contribution in [0.5, 0.6) is 0 Å². The summed E-state index contributed by atoms with van der Waals surface area (Å²) >= 11 is 0. The highest BCUT2D eigenvalue weighted by Gasteiger charge is 2.08. The maximum absolute atomic E-state index is 4.59. The minimum absolute atomic E-state index is 0.395. The van der Waals surface area contributed by atoms with Crippen LogP contribution < -0.4 is 10.6 Å². The summed E-state index contributed by atoms with van der Waals surface area (Å²) < 4.78 is 2.04. The van der Waals surface area contributed by atoms with Gasteiger partial charge in [0.2, 0.25) is 0 Å².